The number of hydrogen-bond acceptors (Lipinski definition) is 4. The maximum absolute atomic E-state index is 5.70. The molecule has 0 aromatic heterocycles. The topological polar surface area (TPSA) is 50.9 Å². The Bertz CT molecular complexity index is 389. The van der Waals surface area contributed by atoms with Crippen LogP contribution in [-0.4, -0.2) is 26.0 Å². The number of aliphatic imine (C=N–C) groups is 1. The van der Waals surface area contributed by atoms with Gasteiger partial charge >= 0.3 is 0 Å². The maximum atomic E-state index is 5.70. The normalized spacial score (nSPS) is 19.6. The molecule has 0 spiro atoms. The minimum absolute atomic E-state index is 0.340. The molecule has 0 saturated carbocycles. The standard InChI is InChI=1S/C11H15N3O/c1-8-6-14(7-13-8)10-4-3-9(12)5-11(10)15-2/h3-5,7-8H,6,12H2,1-2H3. The van der Waals surface area contributed by atoms with Crippen LogP contribution in [0.4, 0.5) is 11.4 Å². The average molecular weight is 205 g/mol. The summed E-state index contributed by atoms with van der Waals surface area (Å²) in [6.07, 6.45) is 1.85. The van der Waals surface area contributed by atoms with Crippen molar-refractivity contribution in [2.75, 3.05) is 24.3 Å². The summed E-state index contributed by atoms with van der Waals surface area (Å²) < 4.78 is 5.29. The molecule has 0 aliphatic carbocycles. The zero-order valence-electron chi connectivity index (χ0n) is 8.97. The van der Waals surface area contributed by atoms with Gasteiger partial charge < -0.3 is 15.4 Å². The number of nitrogens with zero attached hydrogens (tertiary/aromatic N) is 2. The van der Waals surface area contributed by atoms with Crippen molar-refractivity contribution in [1.82, 2.24) is 0 Å². The second-order valence-corrected chi connectivity index (χ2v) is 3.70. The number of nitrogens with two attached hydrogens (primary N) is 1. The lowest BCUT2D eigenvalue weighted by atomic mass is 10.2. The fourth-order valence-electron chi connectivity index (χ4n) is 1.67. The van der Waals surface area contributed by atoms with Crippen molar-refractivity contribution in [2.45, 2.75) is 13.0 Å². The molecule has 1 aliphatic rings. The molecule has 0 fully saturated rings. The van der Waals surface area contributed by atoms with Gasteiger partial charge in [0.1, 0.15) is 5.75 Å². The highest BCUT2D eigenvalue weighted by Gasteiger charge is 2.17. The molecule has 15 heavy (non-hydrogen) atoms. The van der Waals surface area contributed by atoms with Crippen LogP contribution in [0.1, 0.15) is 6.92 Å². The van der Waals surface area contributed by atoms with Crippen molar-refractivity contribution in [3.63, 3.8) is 0 Å². The van der Waals surface area contributed by atoms with E-state index in [2.05, 4.69) is 16.8 Å². The summed E-state index contributed by atoms with van der Waals surface area (Å²) in [5, 5.41) is 0. The number of anilines is 2. The molecule has 0 saturated heterocycles. The molecule has 0 bridgehead atoms. The van der Waals surface area contributed by atoms with Gasteiger partial charge in [-0.15, -0.1) is 0 Å². The molecule has 1 unspecified atom stereocenters. The first kappa shape index (κ1) is 9.83. The van der Waals surface area contributed by atoms with Crippen molar-refractivity contribution in [1.29, 1.82) is 0 Å². The lowest BCUT2D eigenvalue weighted by Gasteiger charge is -2.18. The SMILES string of the molecule is COc1cc(N)ccc1N1C=NC(C)C1. The van der Waals surface area contributed by atoms with Crippen LogP contribution in [-0.2, 0) is 0 Å². The number of methoxy groups -OCH3 is 1. The summed E-state index contributed by atoms with van der Waals surface area (Å²) >= 11 is 0. The van der Waals surface area contributed by atoms with Crippen LogP contribution >= 0.6 is 0 Å². The summed E-state index contributed by atoms with van der Waals surface area (Å²) in [6, 6.07) is 5.99. The number of nitrogen functional groups attached to an aromatic ring is 1. The number of ether oxygens (including phenoxy) is 1. The zero-order valence-corrected chi connectivity index (χ0v) is 8.97. The first-order valence-corrected chi connectivity index (χ1v) is 4.94. The van der Waals surface area contributed by atoms with Crippen LogP contribution in [0.3, 0.4) is 0 Å². The quantitative estimate of drug-likeness (QED) is 0.745. The van der Waals surface area contributed by atoms with Crippen LogP contribution in [0, 0.1) is 0 Å². The van der Waals surface area contributed by atoms with Gasteiger partial charge in [0, 0.05) is 18.3 Å². The van der Waals surface area contributed by atoms with Gasteiger partial charge in [0.05, 0.1) is 25.2 Å². The fraction of sp³-hybridized carbons (Fsp3) is 0.364. The molecule has 1 aromatic carbocycles. The van der Waals surface area contributed by atoms with Crippen molar-refractivity contribution >= 4 is 17.7 Å². The van der Waals surface area contributed by atoms with Crippen LogP contribution in [0.2, 0.25) is 0 Å². The Morgan fingerprint density at radius 1 is 1.53 bits per heavy atom. The number of rotatable bonds is 2. The highest BCUT2D eigenvalue weighted by molar-refractivity contribution is 5.84. The van der Waals surface area contributed by atoms with E-state index in [0.717, 1.165) is 18.0 Å². The van der Waals surface area contributed by atoms with Crippen LogP contribution in [0.15, 0.2) is 23.2 Å². The summed E-state index contributed by atoms with van der Waals surface area (Å²) in [5.74, 6) is 0.788. The summed E-state index contributed by atoms with van der Waals surface area (Å²) in [6.45, 7) is 2.97. The summed E-state index contributed by atoms with van der Waals surface area (Å²) in [5.41, 5.74) is 7.42. The Balaban J connectivity index is 2.32. The van der Waals surface area contributed by atoms with E-state index in [0.29, 0.717) is 11.7 Å². The van der Waals surface area contributed by atoms with Crippen molar-refractivity contribution < 1.29 is 4.74 Å². The summed E-state index contributed by atoms with van der Waals surface area (Å²) in [7, 11) is 1.65. The molecule has 0 amide bonds. The van der Waals surface area contributed by atoms with Gasteiger partial charge in [-0.2, -0.15) is 0 Å². The van der Waals surface area contributed by atoms with E-state index >= 15 is 0 Å². The lowest BCUT2D eigenvalue weighted by Crippen LogP contribution is -2.21. The predicted octanol–water partition coefficient (Wildman–Crippen LogP) is 1.51. The Morgan fingerprint density at radius 2 is 2.33 bits per heavy atom. The molecule has 4 nitrogen and oxygen atoms in total. The van der Waals surface area contributed by atoms with E-state index < -0.39 is 0 Å². The minimum Gasteiger partial charge on any atom is -0.494 e. The minimum atomic E-state index is 0.340. The largest absolute Gasteiger partial charge is 0.494 e. The average Bonchev–Trinajstić information content (AvgIpc) is 2.64. The Labute approximate surface area is 89.4 Å². The summed E-state index contributed by atoms with van der Waals surface area (Å²) in [4.78, 5) is 6.38. The molecule has 1 aliphatic heterocycles. The van der Waals surface area contributed by atoms with Gasteiger partial charge in [0.2, 0.25) is 0 Å². The fourth-order valence-corrected chi connectivity index (χ4v) is 1.67. The number of hydrogen-bond donors (Lipinski definition) is 1. The first-order valence-electron chi connectivity index (χ1n) is 4.94. The van der Waals surface area contributed by atoms with Gasteiger partial charge in [-0.25, -0.2) is 0 Å². The van der Waals surface area contributed by atoms with Crippen molar-refractivity contribution in [2.24, 2.45) is 4.99 Å². The molecular weight excluding hydrogens is 190 g/mol. The monoisotopic (exact) mass is 205 g/mol. The molecule has 80 valence electrons. The first-order chi connectivity index (χ1) is 7.20. The Kier molecular flexibility index (Phi) is 2.49. The van der Waals surface area contributed by atoms with E-state index in [4.69, 9.17) is 10.5 Å². The van der Waals surface area contributed by atoms with Crippen molar-refractivity contribution in [3.8, 4) is 5.75 Å². The van der Waals surface area contributed by atoms with Gasteiger partial charge in [-0.3, -0.25) is 4.99 Å². The third-order valence-corrected chi connectivity index (χ3v) is 2.43. The highest BCUT2D eigenvalue weighted by Crippen LogP contribution is 2.30. The molecule has 1 atom stereocenters. The molecule has 0 radical (unpaired) electrons. The van der Waals surface area contributed by atoms with Gasteiger partial charge in [-0.05, 0) is 19.1 Å². The molecule has 2 N–H and O–H groups in total. The van der Waals surface area contributed by atoms with Crippen LogP contribution < -0.4 is 15.4 Å². The van der Waals surface area contributed by atoms with Gasteiger partial charge in [-0.1, -0.05) is 0 Å². The Morgan fingerprint density at radius 3 is 2.93 bits per heavy atom. The molecule has 1 heterocycles. The van der Waals surface area contributed by atoms with E-state index in [1.807, 2.05) is 24.5 Å². The number of benzene rings is 1. The Hall–Kier alpha value is -1.71. The smallest absolute Gasteiger partial charge is 0.144 e. The van der Waals surface area contributed by atoms with Gasteiger partial charge in [0.15, 0.2) is 0 Å². The second kappa shape index (κ2) is 3.81. The van der Waals surface area contributed by atoms with Crippen LogP contribution in [0.25, 0.3) is 0 Å². The predicted molar refractivity (Wildman–Crippen MR) is 62.7 cm³/mol. The van der Waals surface area contributed by atoms with E-state index in [9.17, 15) is 0 Å². The third kappa shape index (κ3) is 1.88. The second-order valence-electron chi connectivity index (χ2n) is 3.70. The lowest BCUT2D eigenvalue weighted by molar-refractivity contribution is 0.416. The third-order valence-electron chi connectivity index (χ3n) is 2.43. The molecule has 4 heteroatoms. The highest BCUT2D eigenvalue weighted by atomic mass is 16.5. The van der Waals surface area contributed by atoms with E-state index in [1.54, 1.807) is 7.11 Å². The van der Waals surface area contributed by atoms with E-state index in [-0.39, 0.29) is 0 Å². The zero-order chi connectivity index (χ0) is 10.8. The van der Waals surface area contributed by atoms with Gasteiger partial charge in [0.25, 0.3) is 0 Å². The van der Waals surface area contributed by atoms with Crippen molar-refractivity contribution in [3.05, 3.63) is 18.2 Å². The molecular formula is C11H15N3O. The van der Waals surface area contributed by atoms with E-state index in [1.165, 1.54) is 0 Å². The maximum Gasteiger partial charge on any atom is 0.144 e. The van der Waals surface area contributed by atoms with Crippen LogP contribution in [0.5, 0.6) is 5.75 Å². The molecule has 2 rings (SSSR count). The molecule has 1 aromatic rings.